The number of allylic oxidation sites excluding steroid dienone is 6. The van der Waals surface area contributed by atoms with E-state index in [1.165, 1.54) is 0 Å². The Morgan fingerprint density at radius 3 is 2.65 bits per heavy atom. The van der Waals surface area contributed by atoms with Gasteiger partial charge in [-0.05, 0) is 42.4 Å². The van der Waals surface area contributed by atoms with Crippen molar-refractivity contribution in [2.75, 3.05) is 6.67 Å². The fourth-order valence-electron chi connectivity index (χ4n) is 7.32. The molecule has 6 heteroatoms. The van der Waals surface area contributed by atoms with Crippen molar-refractivity contribution in [1.29, 1.82) is 0 Å². The van der Waals surface area contributed by atoms with Gasteiger partial charge in [0.2, 0.25) is 5.78 Å². The summed E-state index contributed by atoms with van der Waals surface area (Å²) < 4.78 is 19.6. The van der Waals surface area contributed by atoms with Gasteiger partial charge in [-0.25, -0.2) is 4.39 Å². The molecule has 2 saturated carbocycles. The number of halogens is 1. The van der Waals surface area contributed by atoms with E-state index in [0.717, 1.165) is 5.57 Å². The molecule has 0 aromatic rings. The van der Waals surface area contributed by atoms with E-state index in [1.807, 2.05) is 39.0 Å². The molecule has 0 aromatic heterocycles. The average molecular weight is 431 g/mol. The topological polar surface area (TPSA) is 80.7 Å². The Bertz CT molecular complexity index is 919. The molecule has 0 saturated heterocycles. The lowest BCUT2D eigenvalue weighted by Crippen LogP contribution is -2.63. The number of carbonyl (C=O) groups excluding carboxylic acids is 3. The van der Waals surface area contributed by atoms with Crippen LogP contribution in [0.1, 0.15) is 47.0 Å². The molecule has 5 nitrogen and oxygen atoms in total. The zero-order valence-corrected chi connectivity index (χ0v) is 18.6. The maximum absolute atomic E-state index is 13.8. The van der Waals surface area contributed by atoms with Crippen molar-refractivity contribution in [3.05, 3.63) is 36.0 Å². The molecule has 0 spiro atoms. The third kappa shape index (κ3) is 2.80. The molecule has 0 bridgehead atoms. The van der Waals surface area contributed by atoms with E-state index < -0.39 is 41.0 Å². The Kier molecular flexibility index (Phi) is 5.16. The van der Waals surface area contributed by atoms with E-state index in [-0.39, 0.29) is 42.3 Å². The van der Waals surface area contributed by atoms with Crippen LogP contribution in [-0.4, -0.2) is 41.0 Å². The number of hydrogen-bond donors (Lipinski definition) is 1. The highest BCUT2D eigenvalue weighted by Gasteiger charge is 2.72. The lowest BCUT2D eigenvalue weighted by atomic mass is 9.47. The fourth-order valence-corrected chi connectivity index (χ4v) is 7.32. The monoisotopic (exact) mass is 430 g/mol. The zero-order valence-electron chi connectivity index (χ0n) is 18.6. The maximum atomic E-state index is 13.8. The number of Topliss-reactive ketones (excluding diaryl/α,β-unsaturated/α-hetero) is 1. The summed E-state index contributed by atoms with van der Waals surface area (Å²) in [6, 6.07) is 0. The molecule has 2 unspecified atom stereocenters. The normalized spacial score (nSPS) is 45.4. The lowest BCUT2D eigenvalue weighted by molar-refractivity contribution is -0.200. The summed E-state index contributed by atoms with van der Waals surface area (Å²) in [6.07, 6.45) is 9.13. The quantitative estimate of drug-likeness (QED) is 0.691. The van der Waals surface area contributed by atoms with Gasteiger partial charge in [0.15, 0.2) is 18.1 Å². The van der Waals surface area contributed by atoms with Gasteiger partial charge < -0.3 is 9.84 Å². The van der Waals surface area contributed by atoms with E-state index in [0.29, 0.717) is 6.42 Å². The minimum Gasteiger partial charge on any atom is -0.450 e. The van der Waals surface area contributed by atoms with Crippen LogP contribution in [0, 0.1) is 34.5 Å². The number of hydrogen-bond acceptors (Lipinski definition) is 5. The SMILES string of the molecule is CCC(=O)O[C@]1(C(=O)CF)C(C)C[C@H]2[C@@H]3C=CC4=CC(=O)C=C[C@]4(C)[C@H]3C(O)C[C@@]21C. The molecular weight excluding hydrogens is 399 g/mol. The van der Waals surface area contributed by atoms with Gasteiger partial charge in [0.05, 0.1) is 6.10 Å². The summed E-state index contributed by atoms with van der Waals surface area (Å²) >= 11 is 0. The standard InChI is InChI=1S/C25H31FO5/c1-5-21(30)31-25(20(29)13-26)14(2)10-18-17-7-6-15-11-16(27)8-9-23(15,3)22(17)19(28)12-24(18,25)4/h6-9,11,14,17-19,22,28H,5,10,12-13H2,1-4H3/t14?,17-,18-,19?,22+,23-,24-,25-/m0/s1. The molecular formula is C25H31FO5. The van der Waals surface area contributed by atoms with Gasteiger partial charge in [-0.1, -0.05) is 45.9 Å². The largest absolute Gasteiger partial charge is 0.450 e. The number of aliphatic hydroxyl groups excluding tert-OH is 1. The third-order valence-corrected chi connectivity index (χ3v) is 8.70. The zero-order chi connectivity index (χ0) is 22.8. The summed E-state index contributed by atoms with van der Waals surface area (Å²) in [7, 11) is 0. The van der Waals surface area contributed by atoms with Gasteiger partial charge in [-0.3, -0.25) is 14.4 Å². The summed E-state index contributed by atoms with van der Waals surface area (Å²) in [4.78, 5) is 37.3. The van der Waals surface area contributed by atoms with Crippen LogP contribution in [0.15, 0.2) is 36.0 Å². The second kappa shape index (κ2) is 7.22. The minimum absolute atomic E-state index is 0.0701. The third-order valence-electron chi connectivity index (χ3n) is 8.70. The van der Waals surface area contributed by atoms with Crippen molar-refractivity contribution in [1.82, 2.24) is 0 Å². The molecule has 4 aliphatic carbocycles. The van der Waals surface area contributed by atoms with E-state index in [2.05, 4.69) is 0 Å². The Morgan fingerprint density at radius 1 is 1.29 bits per heavy atom. The molecule has 2 fully saturated rings. The van der Waals surface area contributed by atoms with Crippen molar-refractivity contribution >= 4 is 17.5 Å². The number of carbonyl (C=O) groups is 3. The first-order valence-electron chi connectivity index (χ1n) is 11.2. The number of esters is 1. The van der Waals surface area contributed by atoms with Crippen molar-refractivity contribution in [2.45, 2.75) is 58.7 Å². The van der Waals surface area contributed by atoms with Crippen LogP contribution in [0.5, 0.6) is 0 Å². The first-order valence-corrected chi connectivity index (χ1v) is 11.2. The first kappa shape index (κ1) is 22.1. The number of ether oxygens (including phenoxy) is 1. The molecule has 0 amide bonds. The van der Waals surface area contributed by atoms with Crippen LogP contribution in [-0.2, 0) is 19.1 Å². The van der Waals surface area contributed by atoms with Crippen LogP contribution in [0.3, 0.4) is 0 Å². The second-order valence-electron chi connectivity index (χ2n) is 10.1. The van der Waals surface area contributed by atoms with Gasteiger partial charge >= 0.3 is 5.97 Å². The van der Waals surface area contributed by atoms with Gasteiger partial charge in [-0.15, -0.1) is 0 Å². The lowest BCUT2D eigenvalue weighted by Gasteiger charge is -2.58. The molecule has 0 heterocycles. The second-order valence-corrected chi connectivity index (χ2v) is 10.1. The van der Waals surface area contributed by atoms with E-state index >= 15 is 0 Å². The van der Waals surface area contributed by atoms with Crippen molar-refractivity contribution < 1.29 is 28.6 Å². The van der Waals surface area contributed by atoms with Crippen molar-refractivity contribution in [2.24, 2.45) is 34.5 Å². The molecule has 168 valence electrons. The highest BCUT2D eigenvalue weighted by Crippen LogP contribution is 2.68. The van der Waals surface area contributed by atoms with Crippen LogP contribution in [0.25, 0.3) is 0 Å². The summed E-state index contributed by atoms with van der Waals surface area (Å²) in [5, 5.41) is 11.4. The Labute approximate surface area is 182 Å². The summed E-state index contributed by atoms with van der Waals surface area (Å²) in [5.74, 6) is -2.03. The summed E-state index contributed by atoms with van der Waals surface area (Å²) in [5.41, 5.74) is -2.11. The van der Waals surface area contributed by atoms with Gasteiger partial charge in [0.25, 0.3) is 0 Å². The van der Waals surface area contributed by atoms with Crippen molar-refractivity contribution in [3.63, 3.8) is 0 Å². The predicted molar refractivity (Wildman–Crippen MR) is 113 cm³/mol. The van der Waals surface area contributed by atoms with Crippen LogP contribution < -0.4 is 0 Å². The van der Waals surface area contributed by atoms with Crippen LogP contribution in [0.4, 0.5) is 4.39 Å². The predicted octanol–water partition coefficient (Wildman–Crippen LogP) is 3.52. The molecule has 4 rings (SSSR count). The van der Waals surface area contributed by atoms with Gasteiger partial charge in [-0.2, -0.15) is 0 Å². The highest BCUT2D eigenvalue weighted by atomic mass is 19.1. The van der Waals surface area contributed by atoms with Crippen molar-refractivity contribution in [3.8, 4) is 0 Å². The first-order chi connectivity index (χ1) is 14.5. The average Bonchev–Trinajstić information content (AvgIpc) is 2.94. The Morgan fingerprint density at radius 2 is 2.00 bits per heavy atom. The van der Waals surface area contributed by atoms with Gasteiger partial charge in [0, 0.05) is 29.1 Å². The Hall–Kier alpha value is -2.08. The Balaban J connectivity index is 1.84. The van der Waals surface area contributed by atoms with Crippen LogP contribution >= 0.6 is 0 Å². The number of fused-ring (bicyclic) bond motifs is 5. The van der Waals surface area contributed by atoms with E-state index in [9.17, 15) is 23.9 Å². The minimum atomic E-state index is -1.59. The molecule has 0 radical (unpaired) electrons. The molecule has 31 heavy (non-hydrogen) atoms. The number of alkyl halides is 1. The number of rotatable bonds is 4. The number of aliphatic hydroxyl groups is 1. The molecule has 4 aliphatic rings. The highest BCUT2D eigenvalue weighted by molar-refractivity contribution is 6.01. The molecule has 1 N–H and O–H groups in total. The van der Waals surface area contributed by atoms with E-state index in [1.54, 1.807) is 19.1 Å². The summed E-state index contributed by atoms with van der Waals surface area (Å²) in [6.45, 7) is 6.19. The molecule has 8 atom stereocenters. The van der Waals surface area contributed by atoms with Crippen LogP contribution in [0.2, 0.25) is 0 Å². The maximum Gasteiger partial charge on any atom is 0.306 e. The molecule has 0 aromatic carbocycles. The molecule has 0 aliphatic heterocycles. The number of ketones is 2. The van der Waals surface area contributed by atoms with Gasteiger partial charge in [0.1, 0.15) is 0 Å². The fraction of sp³-hybridized carbons (Fsp3) is 0.640. The smallest absolute Gasteiger partial charge is 0.306 e. The van der Waals surface area contributed by atoms with E-state index in [4.69, 9.17) is 4.74 Å².